The van der Waals surface area contributed by atoms with Gasteiger partial charge in [-0.1, -0.05) is 24.6 Å². The molecule has 4 heteroatoms. The minimum atomic E-state index is -1.81. The molecular weight excluding hydrogens is 319 g/mol. The first kappa shape index (κ1) is 16.9. The minimum absolute atomic E-state index is 0.0178. The minimum Gasteiger partial charge on any atom is -0.390 e. The van der Waals surface area contributed by atoms with Gasteiger partial charge in [-0.15, -0.1) is 0 Å². The van der Waals surface area contributed by atoms with Crippen molar-refractivity contribution in [3.63, 3.8) is 0 Å². The Morgan fingerprint density at radius 3 is 2.72 bits per heavy atom. The zero-order valence-electron chi connectivity index (χ0n) is 15.0. The molecule has 4 aliphatic carbocycles. The second-order valence-electron chi connectivity index (χ2n) is 8.67. The Balaban J connectivity index is 1.81. The van der Waals surface area contributed by atoms with E-state index in [-0.39, 0.29) is 29.8 Å². The lowest BCUT2D eigenvalue weighted by Crippen LogP contribution is -2.66. The topological polar surface area (TPSA) is 54.4 Å². The van der Waals surface area contributed by atoms with Crippen molar-refractivity contribution in [1.29, 1.82) is 0 Å². The number of fused-ring (bicyclic) bond motifs is 5. The Hall–Kier alpha value is -1.55. The van der Waals surface area contributed by atoms with Crippen LogP contribution in [0.4, 0.5) is 4.39 Å². The fourth-order valence-electron chi connectivity index (χ4n) is 6.33. The van der Waals surface area contributed by atoms with Gasteiger partial charge in [0, 0.05) is 16.7 Å². The van der Waals surface area contributed by atoms with Gasteiger partial charge >= 0.3 is 0 Å². The summed E-state index contributed by atoms with van der Waals surface area (Å²) in [4.78, 5) is 23.8. The first-order chi connectivity index (χ1) is 11.6. The molecule has 0 radical (unpaired) electrons. The molecule has 0 bridgehead atoms. The predicted octanol–water partition coefficient (Wildman–Crippen LogP) is 3.48. The summed E-state index contributed by atoms with van der Waals surface area (Å²) in [5.41, 5.74) is -1.68. The highest BCUT2D eigenvalue weighted by Gasteiger charge is 2.69. The molecule has 2 saturated carbocycles. The van der Waals surface area contributed by atoms with Crippen molar-refractivity contribution in [2.24, 2.45) is 22.7 Å². The van der Waals surface area contributed by atoms with Gasteiger partial charge in [0.05, 0.1) is 6.10 Å². The number of aliphatic hydroxyl groups excluding tert-OH is 1. The molecule has 0 aromatic heterocycles. The van der Waals surface area contributed by atoms with Crippen LogP contribution in [0, 0.1) is 22.7 Å². The third-order valence-electron chi connectivity index (χ3n) is 7.60. The summed E-state index contributed by atoms with van der Waals surface area (Å²) < 4.78 is 16.6. The second kappa shape index (κ2) is 5.00. The number of ketones is 2. The molecule has 0 aromatic carbocycles. The van der Waals surface area contributed by atoms with Gasteiger partial charge in [0.15, 0.2) is 17.2 Å². The van der Waals surface area contributed by atoms with Crippen LogP contribution in [-0.4, -0.2) is 28.4 Å². The van der Waals surface area contributed by atoms with E-state index in [0.717, 1.165) is 11.1 Å². The molecule has 0 heterocycles. The monoisotopic (exact) mass is 344 g/mol. The molecule has 0 aromatic rings. The van der Waals surface area contributed by atoms with Gasteiger partial charge in [0.1, 0.15) is 0 Å². The highest BCUT2D eigenvalue weighted by molar-refractivity contribution is 6.01. The van der Waals surface area contributed by atoms with E-state index in [9.17, 15) is 14.7 Å². The summed E-state index contributed by atoms with van der Waals surface area (Å²) in [6.07, 6.45) is 7.65. The summed E-state index contributed by atoms with van der Waals surface area (Å²) in [6.45, 7) is 5.38. The van der Waals surface area contributed by atoms with Gasteiger partial charge in [-0.3, -0.25) is 9.59 Å². The maximum absolute atomic E-state index is 16.6. The van der Waals surface area contributed by atoms with Crippen molar-refractivity contribution in [2.75, 3.05) is 0 Å². The van der Waals surface area contributed by atoms with Crippen molar-refractivity contribution in [3.05, 3.63) is 35.5 Å². The average molecular weight is 344 g/mol. The summed E-state index contributed by atoms with van der Waals surface area (Å²) >= 11 is 0. The highest BCUT2D eigenvalue weighted by atomic mass is 19.1. The number of rotatable bonds is 1. The molecule has 1 unspecified atom stereocenters. The van der Waals surface area contributed by atoms with Crippen molar-refractivity contribution in [3.8, 4) is 0 Å². The van der Waals surface area contributed by atoms with Crippen LogP contribution in [-0.2, 0) is 9.59 Å². The molecule has 4 aliphatic rings. The average Bonchev–Trinajstić information content (AvgIpc) is 2.87. The Bertz CT molecular complexity index is 763. The summed E-state index contributed by atoms with van der Waals surface area (Å²) in [6, 6.07) is 0. The van der Waals surface area contributed by atoms with Gasteiger partial charge in [-0.05, 0) is 63.2 Å². The number of halogens is 1. The molecule has 25 heavy (non-hydrogen) atoms. The molecule has 134 valence electrons. The number of Topliss-reactive ketones (excluding diaryl/α,β-unsaturated/α-hetero) is 1. The smallest absolute Gasteiger partial charge is 0.178 e. The van der Waals surface area contributed by atoms with Crippen molar-refractivity contribution >= 4 is 11.6 Å². The molecule has 0 aliphatic heterocycles. The number of hydrogen-bond donors (Lipinski definition) is 1. The standard InChI is InChI=1S/C21H25FO3/c1-12(23)15-6-7-16-17-5-4-13-10-14(24)8-9-20(13,3)21(17,22)18(25)11-19(15,16)2/h6,8-10,16-18,25H,4-5,7,11H2,1-3H3/t16-,17-,18-,19+,20-,21?/m0/s1. The van der Waals surface area contributed by atoms with Crippen molar-refractivity contribution < 1.29 is 19.1 Å². The van der Waals surface area contributed by atoms with Gasteiger partial charge in [0.2, 0.25) is 0 Å². The van der Waals surface area contributed by atoms with Crippen LogP contribution in [0.2, 0.25) is 0 Å². The predicted molar refractivity (Wildman–Crippen MR) is 92.5 cm³/mol. The van der Waals surface area contributed by atoms with E-state index in [4.69, 9.17) is 0 Å². The summed E-state index contributed by atoms with van der Waals surface area (Å²) in [5.74, 6) is -0.390. The largest absolute Gasteiger partial charge is 0.390 e. The van der Waals surface area contributed by atoms with Gasteiger partial charge in [-0.2, -0.15) is 0 Å². The van der Waals surface area contributed by atoms with E-state index in [1.54, 1.807) is 19.1 Å². The molecule has 4 rings (SSSR count). The fourth-order valence-corrected chi connectivity index (χ4v) is 6.33. The van der Waals surface area contributed by atoms with Gasteiger partial charge < -0.3 is 5.11 Å². The molecular formula is C21H25FO3. The molecule has 0 saturated heterocycles. The van der Waals surface area contributed by atoms with E-state index < -0.39 is 22.6 Å². The first-order valence-corrected chi connectivity index (χ1v) is 9.17. The lowest BCUT2D eigenvalue weighted by molar-refractivity contribution is -0.185. The fraction of sp³-hybridized carbons (Fsp3) is 0.619. The van der Waals surface area contributed by atoms with E-state index in [0.29, 0.717) is 19.3 Å². The third-order valence-corrected chi connectivity index (χ3v) is 7.60. The zero-order valence-corrected chi connectivity index (χ0v) is 15.0. The quantitative estimate of drug-likeness (QED) is 0.792. The lowest BCUT2D eigenvalue weighted by atomic mass is 9.45. The van der Waals surface area contributed by atoms with E-state index in [2.05, 4.69) is 0 Å². The van der Waals surface area contributed by atoms with Crippen molar-refractivity contribution in [1.82, 2.24) is 0 Å². The molecule has 0 amide bonds. The SMILES string of the molecule is CC(=O)C1=CC[C@H]2[C@@H]3CCC4=CC(=O)C=C[C@]4(C)C3(F)[C@@H](O)C[C@]12C. The normalized spacial score (nSPS) is 48.2. The second-order valence-corrected chi connectivity index (χ2v) is 8.67. The first-order valence-electron chi connectivity index (χ1n) is 9.17. The van der Waals surface area contributed by atoms with Crippen LogP contribution >= 0.6 is 0 Å². The summed E-state index contributed by atoms with van der Waals surface area (Å²) in [7, 11) is 0. The molecule has 6 atom stereocenters. The van der Waals surface area contributed by atoms with Gasteiger partial charge in [-0.25, -0.2) is 4.39 Å². The van der Waals surface area contributed by atoms with Crippen molar-refractivity contribution in [2.45, 2.75) is 58.2 Å². The highest BCUT2D eigenvalue weighted by Crippen LogP contribution is 2.67. The van der Waals surface area contributed by atoms with E-state index >= 15 is 4.39 Å². The number of hydrogen-bond acceptors (Lipinski definition) is 3. The van der Waals surface area contributed by atoms with Crippen LogP contribution in [0.3, 0.4) is 0 Å². The number of allylic oxidation sites excluding steroid dienone is 6. The number of alkyl halides is 1. The number of carbonyl (C=O) groups is 2. The van der Waals surface area contributed by atoms with E-state index in [1.165, 1.54) is 6.08 Å². The van der Waals surface area contributed by atoms with Crippen LogP contribution in [0.1, 0.15) is 46.5 Å². The van der Waals surface area contributed by atoms with Crippen LogP contribution in [0.5, 0.6) is 0 Å². The number of aliphatic hydroxyl groups is 1. The summed E-state index contributed by atoms with van der Waals surface area (Å²) in [5, 5.41) is 11.0. The molecule has 0 spiro atoms. The lowest BCUT2D eigenvalue weighted by Gasteiger charge is -2.61. The maximum atomic E-state index is 16.6. The zero-order chi connectivity index (χ0) is 18.2. The Morgan fingerprint density at radius 2 is 2.04 bits per heavy atom. The molecule has 1 N–H and O–H groups in total. The Morgan fingerprint density at radius 1 is 1.32 bits per heavy atom. The Kier molecular flexibility index (Phi) is 3.38. The third kappa shape index (κ3) is 1.89. The Labute approximate surface area is 147 Å². The van der Waals surface area contributed by atoms with E-state index in [1.807, 2.05) is 19.9 Å². The van der Waals surface area contributed by atoms with Crippen LogP contribution < -0.4 is 0 Å². The van der Waals surface area contributed by atoms with Gasteiger partial charge in [0.25, 0.3) is 0 Å². The maximum Gasteiger partial charge on any atom is 0.178 e. The molecule has 2 fully saturated rings. The molecule has 3 nitrogen and oxygen atoms in total. The van der Waals surface area contributed by atoms with Crippen LogP contribution in [0.25, 0.3) is 0 Å². The number of carbonyl (C=O) groups excluding carboxylic acids is 2. The van der Waals surface area contributed by atoms with Crippen LogP contribution in [0.15, 0.2) is 35.5 Å².